The van der Waals surface area contributed by atoms with Gasteiger partial charge in [-0.2, -0.15) is 0 Å². The average molecular weight is 303 g/mol. The molecule has 0 fully saturated rings. The van der Waals surface area contributed by atoms with E-state index in [1.54, 1.807) is 0 Å². The summed E-state index contributed by atoms with van der Waals surface area (Å²) in [7, 11) is 3.31. The Hall–Kier alpha value is -2.37. The lowest BCUT2D eigenvalue weighted by atomic mass is 10.1. The Bertz CT molecular complexity index is 691. The number of rotatable bonds is 6. The molecular weight excluding hydrogens is 282 g/mol. The van der Waals surface area contributed by atoms with Gasteiger partial charge in [0.15, 0.2) is 0 Å². The quantitative estimate of drug-likeness (QED) is 0.821. The predicted octanol–water partition coefficient (Wildman–Crippen LogP) is 1.49. The van der Waals surface area contributed by atoms with E-state index in [4.69, 9.17) is 0 Å². The van der Waals surface area contributed by atoms with Crippen LogP contribution in [0.2, 0.25) is 0 Å². The van der Waals surface area contributed by atoms with Gasteiger partial charge in [-0.05, 0) is 31.0 Å². The van der Waals surface area contributed by atoms with E-state index in [0.717, 1.165) is 28.8 Å². The number of esters is 1. The van der Waals surface area contributed by atoms with Crippen molar-refractivity contribution in [3.63, 3.8) is 0 Å². The molecule has 0 aliphatic rings. The zero-order valence-electron chi connectivity index (χ0n) is 13.2. The van der Waals surface area contributed by atoms with Gasteiger partial charge in [-0.3, -0.25) is 9.59 Å². The molecule has 0 aliphatic carbocycles. The van der Waals surface area contributed by atoms with E-state index >= 15 is 0 Å². The van der Waals surface area contributed by atoms with Gasteiger partial charge in [-0.1, -0.05) is 6.07 Å². The molecule has 22 heavy (non-hydrogen) atoms. The molecular formula is C16H21N3O3. The van der Waals surface area contributed by atoms with Crippen LogP contribution < -0.4 is 5.32 Å². The van der Waals surface area contributed by atoms with Crippen molar-refractivity contribution in [2.24, 2.45) is 7.05 Å². The number of ether oxygens (including phenoxy) is 1. The molecule has 0 atom stereocenters. The number of aryl methyl sites for hydroxylation is 2. The third kappa shape index (κ3) is 3.84. The van der Waals surface area contributed by atoms with Gasteiger partial charge in [0.2, 0.25) is 5.91 Å². The molecule has 0 spiro atoms. The summed E-state index contributed by atoms with van der Waals surface area (Å²) < 4.78 is 6.55. The van der Waals surface area contributed by atoms with Crippen LogP contribution in [0.3, 0.4) is 0 Å². The number of hydrogen-bond acceptors (Lipinski definition) is 4. The molecule has 0 saturated heterocycles. The molecule has 6 heteroatoms. The molecule has 1 N–H and O–H groups in total. The molecule has 0 radical (unpaired) electrons. The number of nitrogens with zero attached hydrogens (tertiary/aromatic N) is 2. The normalized spacial score (nSPS) is 10.7. The second-order valence-corrected chi connectivity index (χ2v) is 5.22. The summed E-state index contributed by atoms with van der Waals surface area (Å²) in [6, 6.07) is 6.14. The van der Waals surface area contributed by atoms with Crippen LogP contribution in [0.4, 0.5) is 0 Å². The molecule has 118 valence electrons. The Balaban J connectivity index is 1.84. The second-order valence-electron chi connectivity index (χ2n) is 5.22. The number of aromatic nitrogens is 2. The Morgan fingerprint density at radius 2 is 2.09 bits per heavy atom. The molecule has 0 bridgehead atoms. The van der Waals surface area contributed by atoms with Crippen molar-refractivity contribution < 1.29 is 14.3 Å². The van der Waals surface area contributed by atoms with Crippen molar-refractivity contribution in [3.8, 4) is 0 Å². The SMILES string of the molecule is COC(=O)CCC(=O)NCCc1ccc2c(c1)nc(C)n2C. The van der Waals surface area contributed by atoms with Crippen LogP contribution in [0.5, 0.6) is 0 Å². The monoisotopic (exact) mass is 303 g/mol. The summed E-state index contributed by atoms with van der Waals surface area (Å²) in [6.07, 6.45) is 1.00. The first-order chi connectivity index (χ1) is 10.5. The molecule has 1 heterocycles. The minimum Gasteiger partial charge on any atom is -0.469 e. The average Bonchev–Trinajstić information content (AvgIpc) is 2.79. The fourth-order valence-corrected chi connectivity index (χ4v) is 2.27. The highest BCUT2D eigenvalue weighted by molar-refractivity contribution is 5.81. The fourth-order valence-electron chi connectivity index (χ4n) is 2.27. The summed E-state index contributed by atoms with van der Waals surface area (Å²) in [5.74, 6) is 0.467. The molecule has 1 aromatic carbocycles. The van der Waals surface area contributed by atoms with Crippen molar-refractivity contribution in [1.29, 1.82) is 0 Å². The van der Waals surface area contributed by atoms with Crippen LogP contribution in [-0.2, 0) is 27.8 Å². The Morgan fingerprint density at radius 1 is 1.32 bits per heavy atom. The van der Waals surface area contributed by atoms with Crippen molar-refractivity contribution in [1.82, 2.24) is 14.9 Å². The second kappa shape index (κ2) is 7.06. The maximum Gasteiger partial charge on any atom is 0.306 e. The number of nitrogens with one attached hydrogen (secondary N) is 1. The number of fused-ring (bicyclic) bond motifs is 1. The van der Waals surface area contributed by atoms with Gasteiger partial charge < -0.3 is 14.6 Å². The van der Waals surface area contributed by atoms with E-state index in [1.165, 1.54) is 7.11 Å². The number of imidazole rings is 1. The van der Waals surface area contributed by atoms with E-state index in [0.29, 0.717) is 6.54 Å². The highest BCUT2D eigenvalue weighted by Gasteiger charge is 2.07. The first-order valence-corrected chi connectivity index (χ1v) is 7.26. The first-order valence-electron chi connectivity index (χ1n) is 7.26. The Labute approximate surface area is 129 Å². The standard InChI is InChI=1S/C16H21N3O3/c1-11-18-13-10-12(4-5-14(13)19(11)2)8-9-17-15(20)6-7-16(21)22-3/h4-5,10H,6-9H2,1-3H3,(H,17,20). The lowest BCUT2D eigenvalue weighted by Crippen LogP contribution is -2.26. The fraction of sp³-hybridized carbons (Fsp3) is 0.438. The third-order valence-electron chi connectivity index (χ3n) is 3.69. The number of methoxy groups -OCH3 is 1. The summed E-state index contributed by atoms with van der Waals surface area (Å²) in [4.78, 5) is 27.0. The zero-order chi connectivity index (χ0) is 16.1. The van der Waals surface area contributed by atoms with Crippen LogP contribution in [0.1, 0.15) is 24.2 Å². The smallest absolute Gasteiger partial charge is 0.306 e. The maximum atomic E-state index is 11.6. The third-order valence-corrected chi connectivity index (χ3v) is 3.69. The van der Waals surface area contributed by atoms with E-state index in [-0.39, 0.29) is 24.7 Å². The highest BCUT2D eigenvalue weighted by Crippen LogP contribution is 2.16. The molecule has 1 aromatic heterocycles. The van der Waals surface area contributed by atoms with Crippen molar-refractivity contribution >= 4 is 22.9 Å². The largest absolute Gasteiger partial charge is 0.469 e. The lowest BCUT2D eigenvalue weighted by molar-refractivity contribution is -0.142. The topological polar surface area (TPSA) is 73.2 Å². The minimum absolute atomic E-state index is 0.113. The number of benzene rings is 1. The summed E-state index contributed by atoms with van der Waals surface area (Å²) in [5.41, 5.74) is 3.19. The molecule has 1 amide bonds. The minimum atomic E-state index is -0.369. The summed E-state index contributed by atoms with van der Waals surface area (Å²) >= 11 is 0. The number of carbonyl (C=O) groups excluding carboxylic acids is 2. The summed E-state index contributed by atoms with van der Waals surface area (Å²) in [5, 5.41) is 2.80. The van der Waals surface area contributed by atoms with Crippen LogP contribution in [0.25, 0.3) is 11.0 Å². The molecule has 2 rings (SSSR count). The van der Waals surface area contributed by atoms with Crippen molar-refractivity contribution in [2.45, 2.75) is 26.2 Å². The van der Waals surface area contributed by atoms with E-state index in [2.05, 4.69) is 15.0 Å². The number of carbonyl (C=O) groups is 2. The van der Waals surface area contributed by atoms with Gasteiger partial charge in [0.1, 0.15) is 5.82 Å². The lowest BCUT2D eigenvalue weighted by Gasteiger charge is -2.05. The van der Waals surface area contributed by atoms with Gasteiger partial charge in [0.25, 0.3) is 0 Å². The van der Waals surface area contributed by atoms with E-state index < -0.39 is 0 Å². The van der Waals surface area contributed by atoms with E-state index in [1.807, 2.05) is 36.7 Å². The Morgan fingerprint density at radius 3 is 2.82 bits per heavy atom. The first kappa shape index (κ1) is 16.0. The molecule has 6 nitrogen and oxygen atoms in total. The van der Waals surface area contributed by atoms with Crippen LogP contribution in [0.15, 0.2) is 18.2 Å². The van der Waals surface area contributed by atoms with Crippen molar-refractivity contribution in [3.05, 3.63) is 29.6 Å². The molecule has 0 saturated carbocycles. The van der Waals surface area contributed by atoms with E-state index in [9.17, 15) is 9.59 Å². The maximum absolute atomic E-state index is 11.6. The van der Waals surface area contributed by atoms with Gasteiger partial charge in [-0.25, -0.2) is 4.98 Å². The van der Waals surface area contributed by atoms with Crippen LogP contribution in [-0.4, -0.2) is 35.1 Å². The number of amides is 1. The highest BCUT2D eigenvalue weighted by atomic mass is 16.5. The zero-order valence-corrected chi connectivity index (χ0v) is 13.2. The van der Waals surface area contributed by atoms with Gasteiger partial charge >= 0.3 is 5.97 Å². The molecule has 2 aromatic rings. The van der Waals surface area contributed by atoms with Crippen LogP contribution >= 0.6 is 0 Å². The predicted molar refractivity (Wildman–Crippen MR) is 83.4 cm³/mol. The number of hydrogen-bond donors (Lipinski definition) is 1. The molecule has 0 aliphatic heterocycles. The Kier molecular flexibility index (Phi) is 5.14. The van der Waals surface area contributed by atoms with Crippen LogP contribution in [0, 0.1) is 6.92 Å². The van der Waals surface area contributed by atoms with Crippen molar-refractivity contribution in [2.75, 3.05) is 13.7 Å². The molecule has 0 unspecified atom stereocenters. The van der Waals surface area contributed by atoms with Gasteiger partial charge in [0.05, 0.1) is 24.6 Å². The van der Waals surface area contributed by atoms with Gasteiger partial charge in [-0.15, -0.1) is 0 Å². The summed E-state index contributed by atoms with van der Waals surface area (Å²) in [6.45, 7) is 2.51. The van der Waals surface area contributed by atoms with Gasteiger partial charge in [0, 0.05) is 20.0 Å².